The summed E-state index contributed by atoms with van der Waals surface area (Å²) < 4.78 is 11.6. The Morgan fingerprint density at radius 3 is 2.62 bits per heavy atom. The lowest BCUT2D eigenvalue weighted by atomic mass is 9.43. The van der Waals surface area contributed by atoms with Crippen molar-refractivity contribution in [2.24, 2.45) is 39.9 Å². The highest BCUT2D eigenvalue weighted by molar-refractivity contribution is 6.07. The van der Waals surface area contributed by atoms with Crippen molar-refractivity contribution in [1.82, 2.24) is 0 Å². The first-order valence-corrected chi connectivity index (χ1v) is 9.90. The molecular formula is C20H28O6. The highest BCUT2D eigenvalue weighted by Gasteiger charge is 2.78. The number of fused-ring (bicyclic) bond motifs is 1. The second-order valence-corrected chi connectivity index (χ2v) is 9.98. The molecule has 0 aromatic heterocycles. The van der Waals surface area contributed by atoms with Gasteiger partial charge in [0, 0.05) is 23.7 Å². The SMILES string of the molecule is CC1C(=O)[C@]23C[C@H]1CC[C@H]2[C@@]12CO[C@@H](O)[C@@H]1C(C)(C)[C@@H](O)C[C@@H]2OC3=O. The lowest BCUT2D eigenvalue weighted by Gasteiger charge is -2.62. The fourth-order valence-corrected chi connectivity index (χ4v) is 7.56. The molecule has 0 aromatic rings. The van der Waals surface area contributed by atoms with E-state index in [2.05, 4.69) is 0 Å². The van der Waals surface area contributed by atoms with Crippen molar-refractivity contribution in [3.8, 4) is 0 Å². The van der Waals surface area contributed by atoms with E-state index in [1.807, 2.05) is 20.8 Å². The van der Waals surface area contributed by atoms with Crippen molar-refractivity contribution in [1.29, 1.82) is 0 Å². The molecule has 3 aliphatic carbocycles. The molecule has 0 aromatic carbocycles. The van der Waals surface area contributed by atoms with Crippen LogP contribution in [0, 0.1) is 39.9 Å². The molecule has 2 N–H and O–H groups in total. The predicted molar refractivity (Wildman–Crippen MR) is 89.6 cm³/mol. The summed E-state index contributed by atoms with van der Waals surface area (Å²) in [4.78, 5) is 26.4. The van der Waals surface area contributed by atoms with Crippen molar-refractivity contribution in [2.45, 2.75) is 65.0 Å². The molecule has 144 valence electrons. The van der Waals surface area contributed by atoms with E-state index in [1.165, 1.54) is 0 Å². The average molecular weight is 364 g/mol. The van der Waals surface area contributed by atoms with E-state index < -0.39 is 40.7 Å². The molecule has 9 atom stereocenters. The molecule has 2 spiro atoms. The van der Waals surface area contributed by atoms with E-state index in [0.717, 1.165) is 12.8 Å². The minimum absolute atomic E-state index is 0.0203. The van der Waals surface area contributed by atoms with E-state index in [-0.39, 0.29) is 36.1 Å². The summed E-state index contributed by atoms with van der Waals surface area (Å²) in [6.45, 7) is 6.12. The Morgan fingerprint density at radius 2 is 1.88 bits per heavy atom. The zero-order chi connectivity index (χ0) is 18.6. The molecule has 2 heterocycles. The second-order valence-electron chi connectivity index (χ2n) is 9.98. The third kappa shape index (κ3) is 1.62. The Kier molecular flexibility index (Phi) is 3.22. The highest BCUT2D eigenvalue weighted by atomic mass is 16.6. The van der Waals surface area contributed by atoms with Crippen LogP contribution in [0.25, 0.3) is 0 Å². The van der Waals surface area contributed by atoms with E-state index in [4.69, 9.17) is 9.47 Å². The van der Waals surface area contributed by atoms with Gasteiger partial charge in [-0.3, -0.25) is 9.59 Å². The van der Waals surface area contributed by atoms with Gasteiger partial charge in [0.05, 0.1) is 12.7 Å². The maximum Gasteiger partial charge on any atom is 0.320 e. The molecule has 6 heteroatoms. The lowest BCUT2D eigenvalue weighted by Crippen LogP contribution is -2.70. The molecular weight excluding hydrogens is 336 g/mol. The van der Waals surface area contributed by atoms with Gasteiger partial charge in [-0.25, -0.2) is 0 Å². The molecule has 5 fully saturated rings. The van der Waals surface area contributed by atoms with Gasteiger partial charge < -0.3 is 19.7 Å². The normalized spacial score (nSPS) is 57.2. The minimum atomic E-state index is -1.08. The molecule has 0 radical (unpaired) electrons. The standard InChI is InChI=1S/C20H28O6/c1-9-10-4-5-11-19(7-10,15(9)22)17(24)26-13-6-12(21)18(2,3)14-16(23)25-8-20(11,13)14/h9-14,16,21,23H,4-8H2,1-3H3/t9?,10-,11-,12+,13+,14-,16-,19+,20-/m1/s1. The van der Waals surface area contributed by atoms with Crippen LogP contribution < -0.4 is 0 Å². The van der Waals surface area contributed by atoms with Gasteiger partial charge in [-0.1, -0.05) is 20.8 Å². The van der Waals surface area contributed by atoms with Crippen molar-refractivity contribution in [3.05, 3.63) is 0 Å². The molecule has 0 amide bonds. The van der Waals surface area contributed by atoms with Gasteiger partial charge in [-0.15, -0.1) is 0 Å². The molecule has 5 rings (SSSR count). The number of hydrogen-bond donors (Lipinski definition) is 2. The topological polar surface area (TPSA) is 93.1 Å². The fourth-order valence-electron chi connectivity index (χ4n) is 7.56. The third-order valence-corrected chi connectivity index (χ3v) is 8.89. The largest absolute Gasteiger partial charge is 0.461 e. The van der Waals surface area contributed by atoms with E-state index >= 15 is 0 Å². The molecule has 2 bridgehead atoms. The van der Waals surface area contributed by atoms with Crippen LogP contribution in [0.2, 0.25) is 0 Å². The quantitative estimate of drug-likeness (QED) is 0.497. The fraction of sp³-hybridized carbons (Fsp3) is 0.900. The van der Waals surface area contributed by atoms with Gasteiger partial charge >= 0.3 is 5.97 Å². The Bertz CT molecular complexity index is 688. The first-order chi connectivity index (χ1) is 12.2. The van der Waals surface area contributed by atoms with Crippen molar-refractivity contribution < 1.29 is 29.3 Å². The zero-order valence-corrected chi connectivity index (χ0v) is 15.6. The number of Topliss-reactive ketones (excluding diaryl/α,β-unsaturated/α-hetero) is 1. The molecule has 26 heavy (non-hydrogen) atoms. The predicted octanol–water partition coefficient (Wildman–Crippen LogP) is 1.28. The summed E-state index contributed by atoms with van der Waals surface area (Å²) in [5, 5.41) is 21.4. The molecule has 1 unspecified atom stereocenters. The van der Waals surface area contributed by atoms with Crippen molar-refractivity contribution in [3.63, 3.8) is 0 Å². The highest BCUT2D eigenvalue weighted by Crippen LogP contribution is 2.71. The zero-order valence-electron chi connectivity index (χ0n) is 15.6. The van der Waals surface area contributed by atoms with E-state index in [9.17, 15) is 19.8 Å². The number of rotatable bonds is 0. The summed E-state index contributed by atoms with van der Waals surface area (Å²) in [5.41, 5.74) is -2.26. The first-order valence-electron chi connectivity index (χ1n) is 9.90. The number of aliphatic hydroxyl groups excluding tert-OH is 2. The minimum Gasteiger partial charge on any atom is -0.461 e. The summed E-state index contributed by atoms with van der Waals surface area (Å²) in [5.74, 6) is -0.792. The Balaban J connectivity index is 1.71. The molecule has 5 aliphatic rings. The molecule has 2 saturated heterocycles. The Morgan fingerprint density at radius 1 is 1.15 bits per heavy atom. The first kappa shape index (κ1) is 17.1. The number of aliphatic hydroxyl groups is 2. The van der Waals surface area contributed by atoms with Gasteiger partial charge in [0.2, 0.25) is 0 Å². The lowest BCUT2D eigenvalue weighted by molar-refractivity contribution is -0.253. The number of hydrogen-bond acceptors (Lipinski definition) is 6. The number of ether oxygens (including phenoxy) is 2. The Labute approximate surface area is 153 Å². The van der Waals surface area contributed by atoms with Crippen LogP contribution in [-0.2, 0) is 19.1 Å². The van der Waals surface area contributed by atoms with Crippen molar-refractivity contribution >= 4 is 11.8 Å². The van der Waals surface area contributed by atoms with Crippen LogP contribution in [0.3, 0.4) is 0 Å². The molecule has 3 saturated carbocycles. The van der Waals surface area contributed by atoms with Crippen LogP contribution >= 0.6 is 0 Å². The van der Waals surface area contributed by atoms with Gasteiger partial charge in [0.1, 0.15) is 11.5 Å². The van der Waals surface area contributed by atoms with Crippen LogP contribution in [0.4, 0.5) is 0 Å². The number of ketones is 1. The summed E-state index contributed by atoms with van der Waals surface area (Å²) in [6.07, 6.45) is 0.400. The molecule has 2 aliphatic heterocycles. The van der Waals surface area contributed by atoms with Crippen LogP contribution in [-0.4, -0.2) is 47.1 Å². The monoisotopic (exact) mass is 364 g/mol. The van der Waals surface area contributed by atoms with E-state index in [0.29, 0.717) is 12.8 Å². The maximum absolute atomic E-state index is 13.3. The summed E-state index contributed by atoms with van der Waals surface area (Å²) >= 11 is 0. The van der Waals surface area contributed by atoms with Gasteiger partial charge in [0.25, 0.3) is 0 Å². The Hall–Kier alpha value is -0.980. The maximum atomic E-state index is 13.3. The molecule has 6 nitrogen and oxygen atoms in total. The summed E-state index contributed by atoms with van der Waals surface area (Å²) in [7, 11) is 0. The number of esters is 1. The van der Waals surface area contributed by atoms with Gasteiger partial charge in [-0.05, 0) is 36.5 Å². The second kappa shape index (κ2) is 4.89. The van der Waals surface area contributed by atoms with E-state index in [1.54, 1.807) is 0 Å². The van der Waals surface area contributed by atoms with Crippen LogP contribution in [0.5, 0.6) is 0 Å². The van der Waals surface area contributed by atoms with Crippen molar-refractivity contribution in [2.75, 3.05) is 6.61 Å². The van der Waals surface area contributed by atoms with Gasteiger partial charge in [-0.2, -0.15) is 0 Å². The number of carbonyl (C=O) groups excluding carboxylic acids is 2. The number of carbonyl (C=O) groups is 2. The average Bonchev–Trinajstić information content (AvgIpc) is 3.03. The van der Waals surface area contributed by atoms with Gasteiger partial charge in [0.15, 0.2) is 12.1 Å². The van der Waals surface area contributed by atoms with Crippen LogP contribution in [0.1, 0.15) is 46.5 Å². The van der Waals surface area contributed by atoms with Crippen LogP contribution in [0.15, 0.2) is 0 Å². The summed E-state index contributed by atoms with van der Waals surface area (Å²) in [6, 6.07) is 0. The smallest absolute Gasteiger partial charge is 0.320 e. The third-order valence-electron chi connectivity index (χ3n) is 8.89.